The Bertz CT molecular complexity index is 816. The van der Waals surface area contributed by atoms with Gasteiger partial charge in [0.1, 0.15) is 5.75 Å². The molecule has 0 radical (unpaired) electrons. The second-order valence-corrected chi connectivity index (χ2v) is 20.0. The molecule has 1 aromatic rings. The predicted molar refractivity (Wildman–Crippen MR) is 133 cm³/mol. The van der Waals surface area contributed by atoms with Gasteiger partial charge in [-0.1, -0.05) is 50.6 Å². The molecule has 1 aliphatic rings. The van der Waals surface area contributed by atoms with Crippen molar-refractivity contribution in [1.82, 2.24) is 0 Å². The van der Waals surface area contributed by atoms with Crippen LogP contribution < -0.4 is 4.74 Å². The predicted octanol–water partition coefficient (Wildman–Crippen LogP) is 8.27. The molecule has 0 saturated heterocycles. The van der Waals surface area contributed by atoms with Gasteiger partial charge in [0.25, 0.3) is 0 Å². The molecule has 1 atom stereocenters. The molecule has 30 heavy (non-hydrogen) atoms. The number of rotatable bonds is 5. The summed E-state index contributed by atoms with van der Waals surface area (Å²) in [6.07, 6.45) is 4.02. The zero-order valence-corrected chi connectivity index (χ0v) is 23.8. The van der Waals surface area contributed by atoms with Crippen molar-refractivity contribution in [3.05, 3.63) is 74.4 Å². The van der Waals surface area contributed by atoms with Crippen LogP contribution in [-0.4, -0.2) is 6.66 Å². The van der Waals surface area contributed by atoms with Crippen LogP contribution in [0.25, 0.3) is 0 Å². The molecule has 0 N–H and O–H groups in total. The Morgan fingerprint density at radius 2 is 1.57 bits per heavy atom. The van der Waals surface area contributed by atoms with Gasteiger partial charge in [0.05, 0.1) is 6.26 Å². The molecule has 1 aromatic carbocycles. The summed E-state index contributed by atoms with van der Waals surface area (Å²) < 4.78 is 7.55. The van der Waals surface area contributed by atoms with E-state index in [0.717, 1.165) is 11.7 Å². The van der Waals surface area contributed by atoms with Gasteiger partial charge in [-0.25, -0.2) is 0 Å². The molecular weight excluding hydrogens is 416 g/mol. The van der Waals surface area contributed by atoms with Gasteiger partial charge in [-0.15, -0.1) is 0 Å². The van der Waals surface area contributed by atoms with Gasteiger partial charge >= 0.3 is 92.4 Å². The number of ether oxygens (including phenoxy) is 1. The van der Waals surface area contributed by atoms with E-state index in [0.29, 0.717) is 0 Å². The Morgan fingerprint density at radius 1 is 1.00 bits per heavy atom. The van der Waals surface area contributed by atoms with Gasteiger partial charge in [0.15, 0.2) is 0 Å². The Morgan fingerprint density at radius 3 is 1.97 bits per heavy atom. The quantitative estimate of drug-likeness (QED) is 0.245. The average Bonchev–Trinajstić information content (AvgIpc) is 2.83. The molecule has 2 rings (SSSR count). The van der Waals surface area contributed by atoms with Gasteiger partial charge in [-0.2, -0.15) is 0 Å². The van der Waals surface area contributed by atoms with Crippen molar-refractivity contribution >= 4 is 6.66 Å². The Balaban J connectivity index is 0.000000311. The standard InChI is InChI=1S/C16H22O.C9H13.C2H7Si.Ti/c1-13(2)11-14(16(3,4)5)12-17-15-9-7-6-8-10-15;1-6-5-7(2)9(4)8(6)3;1-3-2;/h6-12H,1-5H3;6H,1-4H3;3H,1-2H3;. The van der Waals surface area contributed by atoms with Crippen molar-refractivity contribution in [2.75, 3.05) is 0 Å². The van der Waals surface area contributed by atoms with E-state index in [1.165, 1.54) is 11.1 Å². The summed E-state index contributed by atoms with van der Waals surface area (Å²) in [5.41, 5.74) is 7.42. The SMILES string of the molecule is CC(C)=CC(=COc1ccccc1)C(C)(C)C.CC1=C(C)C(C)[C]([Ti][SiH](C)C)=C1C. The fraction of sp³-hybridized carbons (Fsp3) is 0.481. The van der Waals surface area contributed by atoms with Crippen molar-refractivity contribution < 1.29 is 23.1 Å². The zero-order valence-electron chi connectivity index (χ0n) is 21.1. The van der Waals surface area contributed by atoms with E-state index in [2.05, 4.69) is 81.5 Å². The molecule has 1 unspecified atom stereocenters. The summed E-state index contributed by atoms with van der Waals surface area (Å²) >= 11 is 0.267. The first-order valence-corrected chi connectivity index (χ1v) is 17.4. The van der Waals surface area contributed by atoms with Crippen molar-refractivity contribution in [1.29, 1.82) is 0 Å². The average molecular weight is 459 g/mol. The topological polar surface area (TPSA) is 9.23 Å². The molecule has 0 aliphatic heterocycles. The third-order valence-corrected chi connectivity index (χ3v) is 11.8. The van der Waals surface area contributed by atoms with Crippen LogP contribution in [0.4, 0.5) is 0 Å². The van der Waals surface area contributed by atoms with Crippen LogP contribution in [0.5, 0.6) is 5.75 Å². The van der Waals surface area contributed by atoms with E-state index in [-0.39, 0.29) is 30.5 Å². The van der Waals surface area contributed by atoms with E-state index in [9.17, 15) is 0 Å². The molecule has 0 saturated carbocycles. The summed E-state index contributed by atoms with van der Waals surface area (Å²) in [6, 6.07) is 9.84. The zero-order chi connectivity index (χ0) is 23.1. The van der Waals surface area contributed by atoms with Crippen LogP contribution in [0.1, 0.15) is 62.3 Å². The fourth-order valence-electron chi connectivity index (χ4n) is 3.28. The van der Waals surface area contributed by atoms with Crippen molar-refractivity contribution in [2.45, 2.75) is 75.4 Å². The third kappa shape index (κ3) is 8.57. The maximum atomic E-state index is 5.69. The molecular formula is C27H42OSiTi. The van der Waals surface area contributed by atoms with E-state index in [1.807, 2.05) is 40.5 Å². The summed E-state index contributed by atoms with van der Waals surface area (Å²) in [7, 11) is 0. The minimum atomic E-state index is -0.315. The summed E-state index contributed by atoms with van der Waals surface area (Å²) in [5.74, 6) is 1.66. The van der Waals surface area contributed by atoms with Crippen LogP contribution in [0.15, 0.2) is 74.4 Å². The Kier molecular flexibility index (Phi) is 10.8. The number of hydrogen-bond donors (Lipinski definition) is 0. The van der Waals surface area contributed by atoms with E-state index < -0.39 is 0 Å². The Labute approximate surface area is 196 Å². The monoisotopic (exact) mass is 458 g/mol. The fourth-order valence-corrected chi connectivity index (χ4v) is 10.1. The van der Waals surface area contributed by atoms with Crippen LogP contribution in [0.2, 0.25) is 13.1 Å². The van der Waals surface area contributed by atoms with Crippen molar-refractivity contribution in [3.8, 4) is 5.75 Å². The molecule has 0 spiro atoms. The third-order valence-electron chi connectivity index (χ3n) is 5.46. The second-order valence-electron chi connectivity index (χ2n) is 9.84. The maximum absolute atomic E-state index is 5.69. The first-order valence-electron chi connectivity index (χ1n) is 11.1. The molecule has 3 heteroatoms. The molecule has 164 valence electrons. The van der Waals surface area contributed by atoms with Gasteiger partial charge in [-0.05, 0) is 37.0 Å². The molecule has 0 heterocycles. The second kappa shape index (κ2) is 12.1. The normalized spacial score (nSPS) is 17.1. The molecule has 0 amide bonds. The molecule has 0 bridgehead atoms. The first kappa shape index (κ1) is 26.9. The van der Waals surface area contributed by atoms with Crippen LogP contribution in [0, 0.1) is 11.3 Å². The summed E-state index contributed by atoms with van der Waals surface area (Å²) in [5, 5.41) is 0. The number of para-hydroxylation sites is 1. The summed E-state index contributed by atoms with van der Waals surface area (Å²) in [4.78, 5) is 0. The molecule has 0 fully saturated rings. The number of benzene rings is 1. The molecule has 1 aliphatic carbocycles. The van der Waals surface area contributed by atoms with Crippen LogP contribution in [-0.2, 0) is 18.4 Å². The van der Waals surface area contributed by atoms with Crippen molar-refractivity contribution in [3.63, 3.8) is 0 Å². The number of allylic oxidation sites excluding steroid dienone is 7. The number of hydrogen-bond acceptors (Lipinski definition) is 1. The summed E-state index contributed by atoms with van der Waals surface area (Å²) in [6.45, 7) is 24.8. The van der Waals surface area contributed by atoms with Gasteiger partial charge in [0, 0.05) is 0 Å². The molecule has 0 aromatic heterocycles. The van der Waals surface area contributed by atoms with Gasteiger partial charge in [0.2, 0.25) is 0 Å². The van der Waals surface area contributed by atoms with E-state index in [4.69, 9.17) is 4.74 Å². The first-order chi connectivity index (χ1) is 13.8. The van der Waals surface area contributed by atoms with Gasteiger partial charge < -0.3 is 4.74 Å². The Hall–Kier alpha value is -1.09. The van der Waals surface area contributed by atoms with Gasteiger partial charge in [-0.3, -0.25) is 0 Å². The van der Waals surface area contributed by atoms with E-state index in [1.54, 1.807) is 16.7 Å². The van der Waals surface area contributed by atoms with E-state index >= 15 is 0 Å². The van der Waals surface area contributed by atoms with Crippen LogP contribution in [0.3, 0.4) is 0 Å². The van der Waals surface area contributed by atoms with Crippen LogP contribution >= 0.6 is 0 Å². The van der Waals surface area contributed by atoms with Crippen molar-refractivity contribution in [2.24, 2.45) is 11.3 Å². The minimum absolute atomic E-state index is 0.0893. The molecule has 1 nitrogen and oxygen atoms in total.